The molecule has 0 N–H and O–H groups in total. The van der Waals surface area contributed by atoms with Gasteiger partial charge in [-0.05, 0) is 46.3 Å². The van der Waals surface area contributed by atoms with Crippen LogP contribution in [0.15, 0.2) is 40.9 Å². The molecule has 2 aromatic carbocycles. The van der Waals surface area contributed by atoms with Crippen molar-refractivity contribution in [3.05, 3.63) is 67.9 Å². The van der Waals surface area contributed by atoms with Gasteiger partial charge >= 0.3 is 17.6 Å². The Kier molecular flexibility index (Phi) is 5.24. The molecule has 0 aliphatic rings. The minimum atomic E-state index is -1.14. The van der Waals surface area contributed by atoms with E-state index in [2.05, 4.69) is 20.7 Å². The summed E-state index contributed by atoms with van der Waals surface area (Å²) in [5, 5.41) is 10.7. The van der Waals surface area contributed by atoms with Crippen LogP contribution in [-0.4, -0.2) is 24.0 Å². The average molecular weight is 398 g/mol. The monoisotopic (exact) mass is 397 g/mol. The molecule has 2 aromatic rings. The molecule has 0 fully saturated rings. The first-order chi connectivity index (χ1) is 11.3. The van der Waals surface area contributed by atoms with Crippen LogP contribution in [0.5, 0.6) is 5.75 Å². The van der Waals surface area contributed by atoms with Crippen LogP contribution in [0.4, 0.5) is 10.1 Å². The van der Waals surface area contributed by atoms with Crippen molar-refractivity contribution in [3.63, 3.8) is 0 Å². The largest absolute Gasteiger partial charge is 0.497 e. The second kappa shape index (κ2) is 7.18. The number of methoxy groups -OCH3 is 1. The van der Waals surface area contributed by atoms with Gasteiger partial charge in [-0.2, -0.15) is 4.39 Å². The van der Waals surface area contributed by atoms with Crippen LogP contribution in [0, 0.1) is 15.9 Å². The number of ether oxygens (including phenoxy) is 2. The number of nitro groups is 1. The lowest BCUT2D eigenvalue weighted by atomic mass is 10.2. The average Bonchev–Trinajstić information content (AvgIpc) is 2.55. The van der Waals surface area contributed by atoms with Crippen molar-refractivity contribution in [2.24, 2.45) is 0 Å². The molecule has 124 valence electrons. The first kappa shape index (κ1) is 17.5. The molecule has 0 bridgehead atoms. The maximum absolute atomic E-state index is 13.3. The first-order valence-corrected chi connectivity index (χ1v) is 7.16. The minimum Gasteiger partial charge on any atom is -0.497 e. The van der Waals surface area contributed by atoms with Crippen LogP contribution in [-0.2, 0) is 4.74 Å². The standard InChI is InChI=1S/C15H9BrFNO6/c1-23-9-3-4-11(16)10(7-9)15(20)24-14(19)8-2-5-12(17)13(6-8)18(21)22/h2-7H,1H3. The molecule has 0 radical (unpaired) electrons. The van der Waals surface area contributed by atoms with Gasteiger partial charge in [0.15, 0.2) is 0 Å². The zero-order valence-corrected chi connectivity index (χ0v) is 13.7. The smallest absolute Gasteiger partial charge is 0.347 e. The van der Waals surface area contributed by atoms with E-state index in [1.54, 1.807) is 6.07 Å². The van der Waals surface area contributed by atoms with Gasteiger partial charge in [0.1, 0.15) is 5.75 Å². The van der Waals surface area contributed by atoms with E-state index in [-0.39, 0.29) is 11.1 Å². The van der Waals surface area contributed by atoms with Crippen molar-refractivity contribution in [1.29, 1.82) is 0 Å². The summed E-state index contributed by atoms with van der Waals surface area (Å²) in [6, 6.07) is 6.91. The lowest BCUT2D eigenvalue weighted by Crippen LogP contribution is -2.14. The predicted molar refractivity (Wildman–Crippen MR) is 83.5 cm³/mol. The number of carbonyl (C=O) groups excluding carboxylic acids is 2. The summed E-state index contributed by atoms with van der Waals surface area (Å²) in [6.07, 6.45) is 0. The summed E-state index contributed by atoms with van der Waals surface area (Å²) in [7, 11) is 1.40. The van der Waals surface area contributed by atoms with Crippen LogP contribution in [0.25, 0.3) is 0 Å². The van der Waals surface area contributed by atoms with Crippen LogP contribution in [0.2, 0.25) is 0 Å². The van der Waals surface area contributed by atoms with Gasteiger partial charge in [0.2, 0.25) is 5.82 Å². The van der Waals surface area contributed by atoms with E-state index < -0.39 is 28.4 Å². The van der Waals surface area contributed by atoms with Crippen molar-refractivity contribution in [1.82, 2.24) is 0 Å². The van der Waals surface area contributed by atoms with Gasteiger partial charge in [-0.1, -0.05) is 0 Å². The Morgan fingerprint density at radius 3 is 2.50 bits per heavy atom. The molecular formula is C15H9BrFNO6. The maximum atomic E-state index is 13.3. The van der Waals surface area contributed by atoms with Gasteiger partial charge in [-0.3, -0.25) is 10.1 Å². The highest BCUT2D eigenvalue weighted by Crippen LogP contribution is 2.24. The van der Waals surface area contributed by atoms with Crippen LogP contribution in [0.3, 0.4) is 0 Å². The molecule has 7 nitrogen and oxygen atoms in total. The van der Waals surface area contributed by atoms with Gasteiger partial charge < -0.3 is 9.47 Å². The van der Waals surface area contributed by atoms with Crippen molar-refractivity contribution < 1.29 is 28.4 Å². The third-order valence-corrected chi connectivity index (χ3v) is 3.65. The second-order valence-electron chi connectivity index (χ2n) is 4.45. The fourth-order valence-corrected chi connectivity index (χ4v) is 2.17. The third kappa shape index (κ3) is 3.74. The Morgan fingerprint density at radius 1 is 1.17 bits per heavy atom. The summed E-state index contributed by atoms with van der Waals surface area (Å²) in [5.41, 5.74) is -1.19. The normalized spacial score (nSPS) is 10.1. The number of esters is 2. The van der Waals surface area contributed by atoms with E-state index >= 15 is 0 Å². The van der Waals surface area contributed by atoms with Crippen molar-refractivity contribution in [3.8, 4) is 5.75 Å². The van der Waals surface area contributed by atoms with E-state index in [4.69, 9.17) is 4.74 Å². The van der Waals surface area contributed by atoms with E-state index in [1.165, 1.54) is 19.2 Å². The van der Waals surface area contributed by atoms with Crippen LogP contribution >= 0.6 is 15.9 Å². The molecule has 0 amide bonds. The fourth-order valence-electron chi connectivity index (χ4n) is 1.77. The molecule has 24 heavy (non-hydrogen) atoms. The fraction of sp³-hybridized carbons (Fsp3) is 0.0667. The summed E-state index contributed by atoms with van der Waals surface area (Å²) in [4.78, 5) is 33.7. The van der Waals surface area contributed by atoms with Gasteiger partial charge in [0.25, 0.3) is 0 Å². The molecule has 0 heterocycles. The zero-order valence-electron chi connectivity index (χ0n) is 12.1. The molecule has 0 aliphatic heterocycles. The van der Waals surface area contributed by atoms with E-state index in [1.807, 2.05) is 0 Å². The zero-order chi connectivity index (χ0) is 17.9. The van der Waals surface area contributed by atoms with Gasteiger partial charge in [0.05, 0.1) is 23.2 Å². The molecule has 0 saturated heterocycles. The number of nitrogens with zero attached hydrogens (tertiary/aromatic N) is 1. The molecular weight excluding hydrogens is 389 g/mol. The second-order valence-corrected chi connectivity index (χ2v) is 5.30. The molecule has 0 unspecified atom stereocenters. The summed E-state index contributed by atoms with van der Waals surface area (Å²) in [5.74, 6) is -2.86. The van der Waals surface area contributed by atoms with Crippen molar-refractivity contribution in [2.45, 2.75) is 0 Å². The molecule has 0 aromatic heterocycles. The summed E-state index contributed by atoms with van der Waals surface area (Å²) in [6.45, 7) is 0. The highest BCUT2D eigenvalue weighted by Gasteiger charge is 2.22. The minimum absolute atomic E-state index is 0.0271. The number of nitro benzene ring substituents is 1. The molecule has 2 rings (SSSR count). The van der Waals surface area contributed by atoms with E-state index in [0.717, 1.165) is 12.1 Å². The predicted octanol–water partition coefficient (Wildman–Crippen LogP) is 3.50. The molecule has 0 atom stereocenters. The Labute approximate surface area is 143 Å². The Hall–Kier alpha value is -2.81. The number of rotatable bonds is 4. The Morgan fingerprint density at radius 2 is 1.88 bits per heavy atom. The van der Waals surface area contributed by atoms with E-state index in [9.17, 15) is 24.1 Å². The van der Waals surface area contributed by atoms with Gasteiger partial charge in [-0.25, -0.2) is 9.59 Å². The maximum Gasteiger partial charge on any atom is 0.347 e. The number of hydrogen-bond donors (Lipinski definition) is 0. The van der Waals surface area contributed by atoms with Gasteiger partial charge in [0, 0.05) is 10.5 Å². The van der Waals surface area contributed by atoms with Crippen LogP contribution in [0.1, 0.15) is 20.7 Å². The lowest BCUT2D eigenvalue weighted by Gasteiger charge is -2.07. The summed E-state index contributed by atoms with van der Waals surface area (Å²) >= 11 is 3.14. The molecule has 0 aliphatic carbocycles. The number of hydrogen-bond acceptors (Lipinski definition) is 6. The van der Waals surface area contributed by atoms with Gasteiger partial charge in [-0.15, -0.1) is 0 Å². The Bertz CT molecular complexity index is 839. The molecule has 9 heteroatoms. The quantitative estimate of drug-likeness (QED) is 0.339. The Balaban J connectivity index is 2.25. The lowest BCUT2D eigenvalue weighted by molar-refractivity contribution is -0.387. The molecule has 0 spiro atoms. The first-order valence-electron chi connectivity index (χ1n) is 6.37. The molecule has 0 saturated carbocycles. The van der Waals surface area contributed by atoms with Crippen molar-refractivity contribution >= 4 is 33.6 Å². The number of halogens is 2. The SMILES string of the molecule is COc1ccc(Br)c(C(=O)OC(=O)c2ccc(F)c([N+](=O)[O-])c2)c1. The topological polar surface area (TPSA) is 95.7 Å². The third-order valence-electron chi connectivity index (χ3n) is 2.96. The highest BCUT2D eigenvalue weighted by atomic mass is 79.9. The van der Waals surface area contributed by atoms with Crippen molar-refractivity contribution in [2.75, 3.05) is 7.11 Å². The number of benzene rings is 2. The highest BCUT2D eigenvalue weighted by molar-refractivity contribution is 9.10. The van der Waals surface area contributed by atoms with Crippen LogP contribution < -0.4 is 4.74 Å². The summed E-state index contributed by atoms with van der Waals surface area (Å²) < 4.78 is 23.3. The van der Waals surface area contributed by atoms with E-state index in [0.29, 0.717) is 16.3 Å². The number of carbonyl (C=O) groups is 2.